The van der Waals surface area contributed by atoms with Gasteiger partial charge in [-0.15, -0.1) is 0 Å². The summed E-state index contributed by atoms with van der Waals surface area (Å²) in [6, 6.07) is 5.63. The Morgan fingerprint density at radius 2 is 2.16 bits per heavy atom. The molecule has 0 heterocycles. The standard InChI is InChI=1S/C15H15NO3/c1-4-19-14(18)15(8-16)7-11-6-9(2)5-10(3)12(11)13(15)17/h5-6H,4,7H2,1-3H3. The van der Waals surface area contributed by atoms with Crippen LogP contribution in [0.3, 0.4) is 0 Å². The van der Waals surface area contributed by atoms with Crippen LogP contribution in [0.5, 0.6) is 0 Å². The number of nitriles is 1. The lowest BCUT2D eigenvalue weighted by molar-refractivity contribution is -0.149. The van der Waals surface area contributed by atoms with Gasteiger partial charge in [-0.05, 0) is 31.9 Å². The first-order valence-electron chi connectivity index (χ1n) is 6.19. The van der Waals surface area contributed by atoms with Crippen LogP contribution in [0.4, 0.5) is 0 Å². The summed E-state index contributed by atoms with van der Waals surface area (Å²) < 4.78 is 4.91. The molecule has 0 spiro atoms. The summed E-state index contributed by atoms with van der Waals surface area (Å²) in [6.45, 7) is 5.56. The lowest BCUT2D eigenvalue weighted by Gasteiger charge is -2.16. The van der Waals surface area contributed by atoms with Crippen molar-refractivity contribution in [3.05, 3.63) is 34.4 Å². The molecule has 1 aliphatic rings. The second-order valence-electron chi connectivity index (χ2n) is 4.86. The molecular weight excluding hydrogens is 242 g/mol. The van der Waals surface area contributed by atoms with Crippen molar-refractivity contribution < 1.29 is 14.3 Å². The number of fused-ring (bicyclic) bond motifs is 1. The molecule has 0 amide bonds. The first kappa shape index (κ1) is 13.3. The average Bonchev–Trinajstić information content (AvgIpc) is 2.63. The summed E-state index contributed by atoms with van der Waals surface area (Å²) in [7, 11) is 0. The fourth-order valence-corrected chi connectivity index (χ4v) is 2.65. The number of aryl methyl sites for hydroxylation is 2. The van der Waals surface area contributed by atoms with Crippen molar-refractivity contribution in [1.82, 2.24) is 0 Å². The third-order valence-electron chi connectivity index (χ3n) is 3.45. The van der Waals surface area contributed by atoms with Crippen molar-refractivity contribution in [2.45, 2.75) is 27.2 Å². The molecule has 1 aromatic carbocycles. The predicted molar refractivity (Wildman–Crippen MR) is 68.6 cm³/mol. The van der Waals surface area contributed by atoms with Crippen molar-refractivity contribution in [3.8, 4) is 6.07 Å². The second-order valence-corrected chi connectivity index (χ2v) is 4.86. The van der Waals surface area contributed by atoms with E-state index in [0.717, 1.165) is 16.7 Å². The number of hydrogen-bond acceptors (Lipinski definition) is 4. The normalized spacial score (nSPS) is 20.8. The Kier molecular flexibility index (Phi) is 3.15. The Labute approximate surface area is 112 Å². The summed E-state index contributed by atoms with van der Waals surface area (Å²) in [5, 5.41) is 9.34. The Morgan fingerprint density at radius 1 is 1.47 bits per heavy atom. The topological polar surface area (TPSA) is 67.2 Å². The van der Waals surface area contributed by atoms with Crippen LogP contribution in [0.15, 0.2) is 12.1 Å². The number of benzene rings is 1. The molecule has 0 aromatic heterocycles. The highest BCUT2D eigenvalue weighted by molar-refractivity contribution is 6.18. The summed E-state index contributed by atoms with van der Waals surface area (Å²) in [4.78, 5) is 24.5. The van der Waals surface area contributed by atoms with Crippen LogP contribution in [0.2, 0.25) is 0 Å². The van der Waals surface area contributed by atoms with Crippen LogP contribution < -0.4 is 0 Å². The number of carbonyl (C=O) groups excluding carboxylic acids is 2. The molecule has 1 unspecified atom stereocenters. The lowest BCUT2D eigenvalue weighted by atomic mass is 9.85. The highest BCUT2D eigenvalue weighted by Crippen LogP contribution is 2.39. The van der Waals surface area contributed by atoms with Gasteiger partial charge in [-0.3, -0.25) is 4.79 Å². The molecule has 0 N–H and O–H groups in total. The monoisotopic (exact) mass is 257 g/mol. The fourth-order valence-electron chi connectivity index (χ4n) is 2.65. The molecule has 19 heavy (non-hydrogen) atoms. The van der Waals surface area contributed by atoms with E-state index >= 15 is 0 Å². The number of hydrogen-bond donors (Lipinski definition) is 0. The zero-order chi connectivity index (χ0) is 14.2. The van der Waals surface area contributed by atoms with Crippen LogP contribution in [0, 0.1) is 30.6 Å². The van der Waals surface area contributed by atoms with E-state index in [-0.39, 0.29) is 13.0 Å². The van der Waals surface area contributed by atoms with E-state index in [9.17, 15) is 14.9 Å². The van der Waals surface area contributed by atoms with Gasteiger partial charge in [0.1, 0.15) is 0 Å². The van der Waals surface area contributed by atoms with Gasteiger partial charge in [0, 0.05) is 12.0 Å². The van der Waals surface area contributed by atoms with Gasteiger partial charge in [0.05, 0.1) is 12.7 Å². The SMILES string of the molecule is CCOC(=O)C1(C#N)Cc2cc(C)cc(C)c2C1=O. The van der Waals surface area contributed by atoms with Gasteiger partial charge in [0.15, 0.2) is 5.78 Å². The molecule has 0 fully saturated rings. The third-order valence-corrected chi connectivity index (χ3v) is 3.45. The molecule has 1 atom stereocenters. The first-order valence-corrected chi connectivity index (χ1v) is 6.19. The first-order chi connectivity index (χ1) is 8.96. The maximum atomic E-state index is 12.5. The number of ketones is 1. The van der Waals surface area contributed by atoms with E-state index in [2.05, 4.69) is 0 Å². The van der Waals surface area contributed by atoms with Gasteiger partial charge in [0.25, 0.3) is 0 Å². The number of ether oxygens (including phenoxy) is 1. The fraction of sp³-hybridized carbons (Fsp3) is 0.400. The molecule has 1 aromatic rings. The predicted octanol–water partition coefficient (Wildman–Crippen LogP) is 2.12. The van der Waals surface area contributed by atoms with Crippen LogP contribution >= 0.6 is 0 Å². The van der Waals surface area contributed by atoms with Crippen LogP contribution in [-0.2, 0) is 16.0 Å². The van der Waals surface area contributed by atoms with E-state index in [4.69, 9.17) is 4.74 Å². The van der Waals surface area contributed by atoms with E-state index in [1.54, 1.807) is 6.92 Å². The highest BCUT2D eigenvalue weighted by Gasteiger charge is 2.54. The minimum Gasteiger partial charge on any atom is -0.464 e. The summed E-state index contributed by atoms with van der Waals surface area (Å²) in [5.74, 6) is -1.17. The van der Waals surface area contributed by atoms with Crippen molar-refractivity contribution in [2.75, 3.05) is 6.61 Å². The average molecular weight is 257 g/mol. The number of rotatable bonds is 2. The number of Topliss-reactive ketones (excluding diaryl/α,β-unsaturated/α-hetero) is 1. The third kappa shape index (κ3) is 1.82. The van der Waals surface area contributed by atoms with E-state index in [1.165, 1.54) is 0 Å². The Bertz CT molecular complexity index is 613. The molecule has 0 bridgehead atoms. The quantitative estimate of drug-likeness (QED) is 0.601. The molecule has 1 aliphatic carbocycles. The van der Waals surface area contributed by atoms with E-state index in [1.807, 2.05) is 32.0 Å². The lowest BCUT2D eigenvalue weighted by Crippen LogP contribution is -2.37. The number of carbonyl (C=O) groups is 2. The molecule has 0 radical (unpaired) electrons. The maximum absolute atomic E-state index is 12.5. The molecule has 4 heteroatoms. The van der Waals surface area contributed by atoms with E-state index < -0.39 is 17.2 Å². The summed E-state index contributed by atoms with van der Waals surface area (Å²) in [5.41, 5.74) is 1.39. The highest BCUT2D eigenvalue weighted by atomic mass is 16.5. The number of esters is 1. The van der Waals surface area contributed by atoms with Gasteiger partial charge in [-0.25, -0.2) is 4.79 Å². The van der Waals surface area contributed by atoms with Crippen molar-refractivity contribution >= 4 is 11.8 Å². The largest absolute Gasteiger partial charge is 0.464 e. The van der Waals surface area contributed by atoms with Gasteiger partial charge in [0.2, 0.25) is 5.41 Å². The van der Waals surface area contributed by atoms with E-state index in [0.29, 0.717) is 5.56 Å². The molecule has 98 valence electrons. The zero-order valence-electron chi connectivity index (χ0n) is 11.2. The molecule has 4 nitrogen and oxygen atoms in total. The molecule has 0 saturated heterocycles. The Balaban J connectivity index is 2.56. The summed E-state index contributed by atoms with van der Waals surface area (Å²) in [6.07, 6.45) is 0.110. The van der Waals surface area contributed by atoms with Crippen molar-refractivity contribution in [3.63, 3.8) is 0 Å². The van der Waals surface area contributed by atoms with Crippen molar-refractivity contribution in [2.24, 2.45) is 5.41 Å². The van der Waals surface area contributed by atoms with Gasteiger partial charge in [-0.2, -0.15) is 5.26 Å². The molecule has 0 saturated carbocycles. The van der Waals surface area contributed by atoms with Crippen LogP contribution in [-0.4, -0.2) is 18.4 Å². The smallest absolute Gasteiger partial charge is 0.334 e. The van der Waals surface area contributed by atoms with Crippen LogP contribution in [0.1, 0.15) is 34.0 Å². The molecule has 2 rings (SSSR count). The number of nitrogens with zero attached hydrogens (tertiary/aromatic N) is 1. The molecule has 0 aliphatic heterocycles. The minimum absolute atomic E-state index is 0.110. The minimum atomic E-state index is -1.70. The van der Waals surface area contributed by atoms with Crippen LogP contribution in [0.25, 0.3) is 0 Å². The molecular formula is C15H15NO3. The van der Waals surface area contributed by atoms with Crippen molar-refractivity contribution in [1.29, 1.82) is 5.26 Å². The summed E-state index contributed by atoms with van der Waals surface area (Å²) >= 11 is 0. The zero-order valence-corrected chi connectivity index (χ0v) is 11.2. The Hall–Kier alpha value is -2.15. The second kappa shape index (κ2) is 4.51. The van der Waals surface area contributed by atoms with Gasteiger partial charge in [-0.1, -0.05) is 17.7 Å². The Morgan fingerprint density at radius 3 is 2.74 bits per heavy atom. The van der Waals surface area contributed by atoms with Gasteiger partial charge < -0.3 is 4.74 Å². The van der Waals surface area contributed by atoms with Gasteiger partial charge >= 0.3 is 5.97 Å². The maximum Gasteiger partial charge on any atom is 0.334 e.